The van der Waals surface area contributed by atoms with E-state index in [0.29, 0.717) is 18.1 Å². The maximum Gasteiger partial charge on any atom is 0.0611 e. The Morgan fingerprint density at radius 1 is 1.30 bits per heavy atom. The van der Waals surface area contributed by atoms with Gasteiger partial charge >= 0.3 is 0 Å². The first-order valence-corrected chi connectivity index (χ1v) is 8.22. The highest BCUT2D eigenvalue weighted by Crippen LogP contribution is 2.26. The van der Waals surface area contributed by atoms with Crippen LogP contribution >= 0.6 is 0 Å². The van der Waals surface area contributed by atoms with Crippen molar-refractivity contribution in [2.75, 3.05) is 33.8 Å². The Labute approximate surface area is 124 Å². The second-order valence-electron chi connectivity index (χ2n) is 7.39. The molecule has 0 radical (unpaired) electrons. The van der Waals surface area contributed by atoms with Crippen molar-refractivity contribution in [2.24, 2.45) is 0 Å². The van der Waals surface area contributed by atoms with Crippen LogP contribution < -0.4 is 5.32 Å². The minimum Gasteiger partial charge on any atom is -0.394 e. The van der Waals surface area contributed by atoms with Crippen molar-refractivity contribution >= 4 is 0 Å². The van der Waals surface area contributed by atoms with Gasteiger partial charge in [0.25, 0.3) is 0 Å². The zero-order chi connectivity index (χ0) is 14.8. The van der Waals surface area contributed by atoms with Crippen LogP contribution in [0.2, 0.25) is 0 Å². The van der Waals surface area contributed by atoms with Crippen molar-refractivity contribution in [3.8, 4) is 0 Å². The Morgan fingerprint density at radius 2 is 1.90 bits per heavy atom. The van der Waals surface area contributed by atoms with E-state index in [-0.39, 0.29) is 12.1 Å². The van der Waals surface area contributed by atoms with Gasteiger partial charge in [-0.3, -0.25) is 0 Å². The molecule has 2 unspecified atom stereocenters. The number of aliphatic hydroxyl groups excluding tert-OH is 1. The summed E-state index contributed by atoms with van der Waals surface area (Å²) in [5, 5.41) is 13.4. The number of nitrogens with zero attached hydrogens (tertiary/aromatic N) is 2. The van der Waals surface area contributed by atoms with E-state index in [0.717, 1.165) is 6.42 Å². The molecular formula is C16H33N3O. The minimum atomic E-state index is -0.125. The molecule has 2 rings (SSSR count). The van der Waals surface area contributed by atoms with Crippen LogP contribution in [-0.4, -0.2) is 72.4 Å². The van der Waals surface area contributed by atoms with Crippen molar-refractivity contribution < 1.29 is 5.11 Å². The molecule has 118 valence electrons. The third-order valence-electron chi connectivity index (χ3n) is 5.18. The molecule has 0 amide bonds. The van der Waals surface area contributed by atoms with Crippen LogP contribution in [0.15, 0.2) is 0 Å². The number of nitrogens with one attached hydrogen (secondary N) is 1. The van der Waals surface area contributed by atoms with Crippen LogP contribution in [0.5, 0.6) is 0 Å². The van der Waals surface area contributed by atoms with Crippen molar-refractivity contribution in [3.05, 3.63) is 0 Å². The number of piperidine rings is 1. The van der Waals surface area contributed by atoms with Gasteiger partial charge in [-0.2, -0.15) is 0 Å². The number of hydrogen-bond donors (Lipinski definition) is 2. The number of hydrogen-bond acceptors (Lipinski definition) is 4. The summed E-state index contributed by atoms with van der Waals surface area (Å²) in [5.74, 6) is 0. The van der Waals surface area contributed by atoms with Gasteiger partial charge in [0.05, 0.1) is 6.61 Å². The van der Waals surface area contributed by atoms with Gasteiger partial charge in [-0.25, -0.2) is 0 Å². The van der Waals surface area contributed by atoms with Gasteiger partial charge in [0.15, 0.2) is 0 Å². The van der Waals surface area contributed by atoms with E-state index in [1.807, 2.05) is 0 Å². The molecule has 1 saturated carbocycles. The molecule has 0 aromatic rings. The number of aliphatic hydroxyl groups is 1. The van der Waals surface area contributed by atoms with Crippen LogP contribution in [0.4, 0.5) is 0 Å². The van der Waals surface area contributed by atoms with Gasteiger partial charge in [0.2, 0.25) is 0 Å². The van der Waals surface area contributed by atoms with Crippen LogP contribution in [-0.2, 0) is 0 Å². The van der Waals surface area contributed by atoms with Crippen molar-refractivity contribution in [3.63, 3.8) is 0 Å². The fourth-order valence-corrected chi connectivity index (χ4v) is 3.45. The standard InChI is InChI=1S/C16H33N3O/c1-13(11-16(2,12-20)17-14-5-6-14)19(4)15-7-9-18(3)10-8-15/h13-15,17,20H,5-12H2,1-4H3. The Hall–Kier alpha value is -0.160. The van der Waals surface area contributed by atoms with Crippen LogP contribution in [0.1, 0.15) is 46.0 Å². The lowest BCUT2D eigenvalue weighted by Crippen LogP contribution is -2.53. The molecule has 1 saturated heterocycles. The normalized spacial score (nSPS) is 26.7. The first-order valence-electron chi connectivity index (χ1n) is 8.22. The molecule has 4 nitrogen and oxygen atoms in total. The zero-order valence-corrected chi connectivity index (χ0v) is 13.7. The van der Waals surface area contributed by atoms with E-state index in [4.69, 9.17) is 0 Å². The van der Waals surface area contributed by atoms with Gasteiger partial charge in [-0.1, -0.05) is 0 Å². The third kappa shape index (κ3) is 4.42. The Balaban J connectivity index is 1.83. The molecule has 2 fully saturated rings. The van der Waals surface area contributed by atoms with Gasteiger partial charge < -0.3 is 20.2 Å². The molecule has 20 heavy (non-hydrogen) atoms. The first kappa shape index (κ1) is 16.2. The smallest absolute Gasteiger partial charge is 0.0611 e. The second-order valence-corrected chi connectivity index (χ2v) is 7.39. The lowest BCUT2D eigenvalue weighted by atomic mass is 9.92. The van der Waals surface area contributed by atoms with E-state index >= 15 is 0 Å². The molecule has 2 N–H and O–H groups in total. The summed E-state index contributed by atoms with van der Waals surface area (Å²) in [6, 6.07) is 1.85. The lowest BCUT2D eigenvalue weighted by Gasteiger charge is -2.41. The fourth-order valence-electron chi connectivity index (χ4n) is 3.45. The summed E-state index contributed by atoms with van der Waals surface area (Å²) in [6.45, 7) is 7.12. The van der Waals surface area contributed by atoms with Gasteiger partial charge in [-0.05, 0) is 73.1 Å². The molecule has 4 heteroatoms. The summed E-state index contributed by atoms with van der Waals surface area (Å²) in [4.78, 5) is 4.96. The van der Waals surface area contributed by atoms with Crippen molar-refractivity contribution in [1.29, 1.82) is 0 Å². The molecule has 2 atom stereocenters. The molecule has 0 aromatic carbocycles. The average molecular weight is 283 g/mol. The molecule has 2 aliphatic rings. The van der Waals surface area contributed by atoms with Gasteiger partial charge in [0, 0.05) is 23.7 Å². The van der Waals surface area contributed by atoms with Gasteiger partial charge in [0.1, 0.15) is 0 Å². The summed E-state index contributed by atoms with van der Waals surface area (Å²) < 4.78 is 0. The van der Waals surface area contributed by atoms with Crippen LogP contribution in [0.3, 0.4) is 0 Å². The van der Waals surface area contributed by atoms with E-state index < -0.39 is 0 Å². The molecule has 1 aliphatic heterocycles. The largest absolute Gasteiger partial charge is 0.394 e. The number of likely N-dealkylation sites (tertiary alicyclic amines) is 1. The molecular weight excluding hydrogens is 250 g/mol. The highest BCUT2D eigenvalue weighted by Gasteiger charge is 2.35. The highest BCUT2D eigenvalue weighted by atomic mass is 16.3. The summed E-state index contributed by atoms with van der Waals surface area (Å²) in [6.07, 6.45) is 6.10. The van der Waals surface area contributed by atoms with Gasteiger partial charge in [-0.15, -0.1) is 0 Å². The molecule has 1 heterocycles. The maximum absolute atomic E-state index is 9.75. The fraction of sp³-hybridized carbons (Fsp3) is 1.00. The number of rotatable bonds is 7. The molecule has 1 aliphatic carbocycles. The SMILES string of the molecule is CC(CC(C)(CO)NC1CC1)N(C)C1CCN(C)CC1. The van der Waals surface area contributed by atoms with Crippen LogP contribution in [0, 0.1) is 0 Å². The zero-order valence-electron chi connectivity index (χ0n) is 13.7. The monoisotopic (exact) mass is 283 g/mol. The Morgan fingerprint density at radius 3 is 2.40 bits per heavy atom. The van der Waals surface area contributed by atoms with E-state index in [9.17, 15) is 5.11 Å². The van der Waals surface area contributed by atoms with E-state index in [1.54, 1.807) is 0 Å². The highest BCUT2D eigenvalue weighted by molar-refractivity contribution is 4.95. The second kappa shape index (κ2) is 6.73. The first-order chi connectivity index (χ1) is 9.43. The summed E-state index contributed by atoms with van der Waals surface area (Å²) in [5.41, 5.74) is -0.125. The molecule has 0 bridgehead atoms. The van der Waals surface area contributed by atoms with Crippen LogP contribution in [0.25, 0.3) is 0 Å². The third-order valence-corrected chi connectivity index (χ3v) is 5.18. The molecule has 0 aromatic heterocycles. The van der Waals surface area contributed by atoms with E-state index in [2.05, 4.69) is 43.1 Å². The van der Waals surface area contributed by atoms with Crippen molar-refractivity contribution in [2.45, 2.75) is 69.6 Å². The predicted molar refractivity (Wildman–Crippen MR) is 84.0 cm³/mol. The molecule has 0 spiro atoms. The van der Waals surface area contributed by atoms with Crippen molar-refractivity contribution in [1.82, 2.24) is 15.1 Å². The maximum atomic E-state index is 9.75. The topological polar surface area (TPSA) is 38.7 Å². The average Bonchev–Trinajstić information content (AvgIpc) is 3.22. The predicted octanol–water partition coefficient (Wildman–Crippen LogP) is 1.29. The van der Waals surface area contributed by atoms with E-state index in [1.165, 1.54) is 38.8 Å². The summed E-state index contributed by atoms with van der Waals surface area (Å²) in [7, 11) is 4.47. The Kier molecular flexibility index (Phi) is 5.46. The Bertz CT molecular complexity index is 300. The summed E-state index contributed by atoms with van der Waals surface area (Å²) >= 11 is 0. The quantitative estimate of drug-likeness (QED) is 0.738. The lowest BCUT2D eigenvalue weighted by molar-refractivity contribution is 0.0778. The minimum absolute atomic E-state index is 0.125.